The zero-order chi connectivity index (χ0) is 13.9. The van der Waals surface area contributed by atoms with Crippen LogP contribution in [0, 0.1) is 5.92 Å². The predicted molar refractivity (Wildman–Crippen MR) is 64.6 cm³/mol. The van der Waals surface area contributed by atoms with Crippen LogP contribution in [0.15, 0.2) is 5.16 Å². The van der Waals surface area contributed by atoms with Crippen molar-refractivity contribution < 1.29 is 13.2 Å². The largest absolute Gasteiger partial charge is 0.393 e. The van der Waals surface area contributed by atoms with Gasteiger partial charge in [0.15, 0.2) is 0 Å². The SMILES string of the molecule is NCC(CSc1nnnn1C1CCCC1)C(F)(F)F. The number of tetrazole rings is 1. The highest BCUT2D eigenvalue weighted by molar-refractivity contribution is 7.99. The summed E-state index contributed by atoms with van der Waals surface area (Å²) in [6.45, 7) is -0.415. The first-order valence-corrected chi connectivity index (χ1v) is 7.18. The molecule has 1 fully saturated rings. The van der Waals surface area contributed by atoms with Crippen LogP contribution in [0.3, 0.4) is 0 Å². The summed E-state index contributed by atoms with van der Waals surface area (Å²) in [5, 5.41) is 11.7. The fourth-order valence-electron chi connectivity index (χ4n) is 2.13. The van der Waals surface area contributed by atoms with Gasteiger partial charge in [-0.25, -0.2) is 4.68 Å². The lowest BCUT2D eigenvalue weighted by atomic mass is 10.2. The molecule has 0 spiro atoms. The van der Waals surface area contributed by atoms with Crippen LogP contribution < -0.4 is 5.73 Å². The molecule has 1 aliphatic rings. The Bertz CT molecular complexity index is 402. The molecule has 2 rings (SSSR count). The zero-order valence-electron chi connectivity index (χ0n) is 10.3. The van der Waals surface area contributed by atoms with E-state index < -0.39 is 18.6 Å². The standard InChI is InChI=1S/C10H16F3N5S/c11-10(12,13)7(5-14)6-19-9-15-16-17-18(9)8-3-1-2-4-8/h7-8H,1-6,14H2. The summed E-state index contributed by atoms with van der Waals surface area (Å²) < 4.78 is 39.5. The second-order valence-corrected chi connectivity index (χ2v) is 5.62. The third-order valence-corrected chi connectivity index (χ3v) is 4.39. The number of alkyl halides is 3. The van der Waals surface area contributed by atoms with Gasteiger partial charge in [-0.05, 0) is 23.3 Å². The summed E-state index contributed by atoms with van der Waals surface area (Å²) in [5.74, 6) is -1.67. The number of thioether (sulfide) groups is 1. The molecule has 5 nitrogen and oxygen atoms in total. The van der Waals surface area contributed by atoms with E-state index in [0.717, 1.165) is 37.4 Å². The molecule has 0 aromatic carbocycles. The Hall–Kier alpha value is -0.830. The average molecular weight is 295 g/mol. The summed E-state index contributed by atoms with van der Waals surface area (Å²) in [7, 11) is 0. The number of halogens is 3. The molecule has 108 valence electrons. The molecule has 1 atom stereocenters. The molecule has 1 heterocycles. The summed E-state index contributed by atoms with van der Waals surface area (Å²) >= 11 is 1.03. The molecular formula is C10H16F3N5S. The fourth-order valence-corrected chi connectivity index (χ4v) is 3.22. The van der Waals surface area contributed by atoms with E-state index in [-0.39, 0.29) is 11.8 Å². The van der Waals surface area contributed by atoms with Crippen molar-refractivity contribution in [3.63, 3.8) is 0 Å². The van der Waals surface area contributed by atoms with E-state index in [2.05, 4.69) is 15.5 Å². The first-order valence-electron chi connectivity index (χ1n) is 6.20. The van der Waals surface area contributed by atoms with Gasteiger partial charge in [-0.1, -0.05) is 24.6 Å². The van der Waals surface area contributed by atoms with Crippen LogP contribution in [-0.4, -0.2) is 38.7 Å². The summed E-state index contributed by atoms with van der Waals surface area (Å²) in [4.78, 5) is 0. The Balaban J connectivity index is 1.98. The van der Waals surface area contributed by atoms with Gasteiger partial charge in [0, 0.05) is 12.3 Å². The van der Waals surface area contributed by atoms with E-state index in [9.17, 15) is 13.2 Å². The molecule has 0 bridgehead atoms. The Morgan fingerprint density at radius 2 is 2.05 bits per heavy atom. The zero-order valence-corrected chi connectivity index (χ0v) is 11.1. The molecular weight excluding hydrogens is 279 g/mol. The molecule has 1 aromatic heterocycles. The first kappa shape index (κ1) is 14.6. The summed E-state index contributed by atoms with van der Waals surface area (Å²) in [6, 6.07) is 0.222. The molecule has 1 aromatic rings. The minimum absolute atomic E-state index is 0.146. The highest BCUT2D eigenvalue weighted by Crippen LogP contribution is 2.34. The van der Waals surface area contributed by atoms with Crippen LogP contribution in [0.5, 0.6) is 0 Å². The molecule has 1 saturated carbocycles. The van der Waals surface area contributed by atoms with Crippen molar-refractivity contribution in [3.05, 3.63) is 0 Å². The van der Waals surface area contributed by atoms with Gasteiger partial charge < -0.3 is 5.73 Å². The van der Waals surface area contributed by atoms with E-state index in [0.29, 0.717) is 5.16 Å². The molecule has 9 heteroatoms. The van der Waals surface area contributed by atoms with E-state index in [1.54, 1.807) is 4.68 Å². The lowest BCUT2D eigenvalue weighted by molar-refractivity contribution is -0.165. The lowest BCUT2D eigenvalue weighted by Crippen LogP contribution is -2.32. The molecule has 1 unspecified atom stereocenters. The topological polar surface area (TPSA) is 69.6 Å². The van der Waals surface area contributed by atoms with Crippen molar-refractivity contribution >= 4 is 11.8 Å². The van der Waals surface area contributed by atoms with Crippen LogP contribution in [0.2, 0.25) is 0 Å². The lowest BCUT2D eigenvalue weighted by Gasteiger charge is -2.18. The van der Waals surface area contributed by atoms with Gasteiger partial charge >= 0.3 is 6.18 Å². The molecule has 0 amide bonds. The van der Waals surface area contributed by atoms with Crippen LogP contribution in [0.1, 0.15) is 31.7 Å². The highest BCUT2D eigenvalue weighted by atomic mass is 32.2. The fraction of sp³-hybridized carbons (Fsp3) is 0.900. The van der Waals surface area contributed by atoms with Crippen molar-refractivity contribution in [1.29, 1.82) is 0 Å². The molecule has 0 radical (unpaired) electrons. The molecule has 0 saturated heterocycles. The first-order chi connectivity index (χ1) is 9.02. The van der Waals surface area contributed by atoms with Crippen molar-refractivity contribution in [2.24, 2.45) is 11.7 Å². The van der Waals surface area contributed by atoms with Gasteiger partial charge in [0.2, 0.25) is 5.16 Å². The third-order valence-electron chi connectivity index (χ3n) is 3.29. The van der Waals surface area contributed by atoms with Crippen LogP contribution in [-0.2, 0) is 0 Å². The monoisotopic (exact) mass is 295 g/mol. The molecule has 1 aliphatic carbocycles. The highest BCUT2D eigenvalue weighted by Gasteiger charge is 2.38. The van der Waals surface area contributed by atoms with Crippen LogP contribution in [0.25, 0.3) is 0 Å². The summed E-state index contributed by atoms with van der Waals surface area (Å²) in [6.07, 6.45) is -0.0744. The van der Waals surface area contributed by atoms with Crippen molar-refractivity contribution in [2.75, 3.05) is 12.3 Å². The number of rotatable bonds is 5. The van der Waals surface area contributed by atoms with Gasteiger partial charge in [-0.15, -0.1) is 5.10 Å². The maximum Gasteiger partial charge on any atom is 0.393 e. The third kappa shape index (κ3) is 3.59. The van der Waals surface area contributed by atoms with Crippen LogP contribution >= 0.6 is 11.8 Å². The Morgan fingerprint density at radius 3 is 2.63 bits per heavy atom. The minimum Gasteiger partial charge on any atom is -0.330 e. The Morgan fingerprint density at radius 1 is 1.37 bits per heavy atom. The number of hydrogen-bond donors (Lipinski definition) is 1. The van der Waals surface area contributed by atoms with E-state index in [1.165, 1.54) is 0 Å². The minimum atomic E-state index is -4.27. The van der Waals surface area contributed by atoms with Gasteiger partial charge in [-0.2, -0.15) is 13.2 Å². The van der Waals surface area contributed by atoms with E-state index in [1.807, 2.05) is 0 Å². The smallest absolute Gasteiger partial charge is 0.330 e. The summed E-state index contributed by atoms with van der Waals surface area (Å²) in [5.41, 5.74) is 5.17. The quantitative estimate of drug-likeness (QED) is 0.842. The maximum atomic E-state index is 12.6. The number of hydrogen-bond acceptors (Lipinski definition) is 5. The van der Waals surface area contributed by atoms with Crippen molar-refractivity contribution in [1.82, 2.24) is 20.2 Å². The molecule has 19 heavy (non-hydrogen) atoms. The van der Waals surface area contributed by atoms with Crippen molar-refractivity contribution in [3.8, 4) is 0 Å². The number of nitrogens with two attached hydrogens (primary N) is 1. The molecule has 0 aliphatic heterocycles. The van der Waals surface area contributed by atoms with Crippen molar-refractivity contribution in [2.45, 2.75) is 43.1 Å². The van der Waals surface area contributed by atoms with E-state index in [4.69, 9.17) is 5.73 Å². The number of aromatic nitrogens is 4. The van der Waals surface area contributed by atoms with Gasteiger partial charge in [-0.3, -0.25) is 0 Å². The van der Waals surface area contributed by atoms with Gasteiger partial charge in [0.1, 0.15) is 0 Å². The second kappa shape index (κ2) is 6.08. The van der Waals surface area contributed by atoms with E-state index >= 15 is 0 Å². The maximum absolute atomic E-state index is 12.6. The average Bonchev–Trinajstić information content (AvgIpc) is 2.97. The molecule has 2 N–H and O–H groups in total. The van der Waals surface area contributed by atoms with Gasteiger partial charge in [0.25, 0.3) is 0 Å². The second-order valence-electron chi connectivity index (χ2n) is 4.63. The Labute approximate surface area is 113 Å². The van der Waals surface area contributed by atoms with Gasteiger partial charge in [0.05, 0.1) is 12.0 Å². The normalized spacial score (nSPS) is 18.9. The Kier molecular flexibility index (Phi) is 4.67. The van der Waals surface area contributed by atoms with Crippen LogP contribution in [0.4, 0.5) is 13.2 Å². The number of nitrogens with zero attached hydrogens (tertiary/aromatic N) is 4. The predicted octanol–water partition coefficient (Wildman–Crippen LogP) is 2.02.